The van der Waals surface area contributed by atoms with Crippen LogP contribution in [0.4, 0.5) is 0 Å². The molecule has 1 aliphatic carbocycles. The van der Waals surface area contributed by atoms with Crippen LogP contribution in [-0.2, 0) is 0 Å². The molecule has 13 heavy (non-hydrogen) atoms. The predicted octanol–water partition coefficient (Wildman–Crippen LogP) is 1.48. The van der Waals surface area contributed by atoms with Crippen LogP contribution in [0.25, 0.3) is 0 Å². The van der Waals surface area contributed by atoms with E-state index in [1.807, 2.05) is 0 Å². The van der Waals surface area contributed by atoms with Crippen molar-refractivity contribution in [3.8, 4) is 0 Å². The van der Waals surface area contributed by atoms with Crippen LogP contribution in [0.3, 0.4) is 0 Å². The van der Waals surface area contributed by atoms with E-state index >= 15 is 0 Å². The zero-order chi connectivity index (χ0) is 9.68. The van der Waals surface area contributed by atoms with Gasteiger partial charge in [-0.3, -0.25) is 4.99 Å². The van der Waals surface area contributed by atoms with Gasteiger partial charge in [-0.2, -0.15) is 0 Å². The van der Waals surface area contributed by atoms with E-state index in [0.717, 1.165) is 24.8 Å². The molecular weight excluding hydrogens is 162 g/mol. The summed E-state index contributed by atoms with van der Waals surface area (Å²) in [5.74, 6) is 1.98. The lowest BCUT2D eigenvalue weighted by molar-refractivity contribution is 0.273. The van der Waals surface area contributed by atoms with Gasteiger partial charge < -0.3 is 11.5 Å². The van der Waals surface area contributed by atoms with Crippen LogP contribution >= 0.6 is 0 Å². The summed E-state index contributed by atoms with van der Waals surface area (Å²) in [5.41, 5.74) is 10.5. The minimum absolute atomic E-state index is 0.226. The van der Waals surface area contributed by atoms with Crippen molar-refractivity contribution in [1.29, 1.82) is 0 Å². The molecule has 1 fully saturated rings. The van der Waals surface area contributed by atoms with Crippen molar-refractivity contribution in [3.63, 3.8) is 0 Å². The minimum atomic E-state index is 0.226. The van der Waals surface area contributed by atoms with E-state index in [-0.39, 0.29) is 5.96 Å². The molecule has 0 saturated heterocycles. The normalized spacial score (nSPS) is 28.4. The van der Waals surface area contributed by atoms with Crippen LogP contribution in [0.1, 0.15) is 39.0 Å². The maximum absolute atomic E-state index is 5.26. The lowest BCUT2D eigenvalue weighted by Gasteiger charge is -2.25. The maximum atomic E-state index is 5.26. The Morgan fingerprint density at radius 3 is 2.77 bits per heavy atom. The van der Waals surface area contributed by atoms with Gasteiger partial charge in [0.15, 0.2) is 5.96 Å². The van der Waals surface area contributed by atoms with Crippen LogP contribution in [0.2, 0.25) is 0 Å². The second kappa shape index (κ2) is 5.10. The highest BCUT2D eigenvalue weighted by atomic mass is 15.0. The predicted molar refractivity (Wildman–Crippen MR) is 56.4 cm³/mol. The molecule has 2 atom stereocenters. The zero-order valence-corrected chi connectivity index (χ0v) is 8.50. The Hall–Kier alpha value is -0.730. The van der Waals surface area contributed by atoms with Crippen molar-refractivity contribution in [2.45, 2.75) is 39.0 Å². The fraction of sp³-hybridized carbons (Fsp3) is 0.900. The summed E-state index contributed by atoms with van der Waals surface area (Å²) in [6.07, 6.45) is 6.67. The second-order valence-electron chi connectivity index (χ2n) is 4.23. The summed E-state index contributed by atoms with van der Waals surface area (Å²) in [4.78, 5) is 4.02. The first-order valence-corrected chi connectivity index (χ1v) is 5.24. The first-order valence-electron chi connectivity index (χ1n) is 5.24. The van der Waals surface area contributed by atoms with E-state index in [2.05, 4.69) is 11.9 Å². The average molecular weight is 183 g/mol. The molecule has 1 aliphatic rings. The number of aliphatic imine (C=N–C) groups is 1. The van der Waals surface area contributed by atoms with E-state index in [4.69, 9.17) is 11.5 Å². The van der Waals surface area contributed by atoms with E-state index in [1.54, 1.807) is 0 Å². The van der Waals surface area contributed by atoms with E-state index in [1.165, 1.54) is 25.7 Å². The van der Waals surface area contributed by atoms with Gasteiger partial charge in [-0.25, -0.2) is 0 Å². The van der Waals surface area contributed by atoms with Crippen LogP contribution in [0, 0.1) is 11.8 Å². The molecule has 0 aromatic heterocycles. The highest BCUT2D eigenvalue weighted by Crippen LogP contribution is 2.30. The summed E-state index contributed by atoms with van der Waals surface area (Å²) in [7, 11) is 0. The molecule has 0 radical (unpaired) electrons. The zero-order valence-electron chi connectivity index (χ0n) is 8.50. The third-order valence-corrected chi connectivity index (χ3v) is 2.88. The summed E-state index contributed by atoms with van der Waals surface area (Å²) >= 11 is 0. The topological polar surface area (TPSA) is 64.4 Å². The Morgan fingerprint density at radius 1 is 1.38 bits per heavy atom. The molecule has 0 amide bonds. The number of hydrogen-bond acceptors (Lipinski definition) is 1. The lowest BCUT2D eigenvalue weighted by atomic mass is 9.81. The number of rotatable bonds is 3. The van der Waals surface area contributed by atoms with E-state index in [0.29, 0.717) is 0 Å². The summed E-state index contributed by atoms with van der Waals surface area (Å²) in [5, 5.41) is 0. The Bertz CT molecular complexity index is 173. The second-order valence-corrected chi connectivity index (χ2v) is 4.23. The van der Waals surface area contributed by atoms with Crippen molar-refractivity contribution in [2.24, 2.45) is 28.3 Å². The Kier molecular flexibility index (Phi) is 4.06. The quantitative estimate of drug-likeness (QED) is 0.514. The third kappa shape index (κ3) is 4.15. The monoisotopic (exact) mass is 183 g/mol. The summed E-state index contributed by atoms with van der Waals surface area (Å²) in [6, 6.07) is 0. The van der Waals surface area contributed by atoms with Crippen LogP contribution in [-0.4, -0.2) is 12.5 Å². The van der Waals surface area contributed by atoms with Crippen LogP contribution in [0.5, 0.6) is 0 Å². The van der Waals surface area contributed by atoms with Gasteiger partial charge in [0, 0.05) is 6.54 Å². The fourth-order valence-corrected chi connectivity index (χ4v) is 2.20. The number of nitrogens with two attached hydrogens (primary N) is 2. The average Bonchev–Trinajstić information content (AvgIpc) is 2.03. The molecule has 3 heteroatoms. The Morgan fingerprint density at radius 2 is 2.15 bits per heavy atom. The molecule has 0 aromatic carbocycles. The van der Waals surface area contributed by atoms with Crippen LogP contribution in [0.15, 0.2) is 4.99 Å². The summed E-state index contributed by atoms with van der Waals surface area (Å²) in [6.45, 7) is 3.15. The molecule has 0 aromatic rings. The number of hydrogen-bond donors (Lipinski definition) is 2. The number of nitrogens with zero attached hydrogens (tertiary/aromatic N) is 1. The van der Waals surface area contributed by atoms with Gasteiger partial charge in [0.05, 0.1) is 0 Å². The lowest BCUT2D eigenvalue weighted by Crippen LogP contribution is -2.23. The number of guanidine groups is 1. The molecule has 76 valence electrons. The van der Waals surface area contributed by atoms with Gasteiger partial charge in [0.2, 0.25) is 0 Å². The fourth-order valence-electron chi connectivity index (χ4n) is 2.20. The van der Waals surface area contributed by atoms with Crippen molar-refractivity contribution in [3.05, 3.63) is 0 Å². The first-order chi connectivity index (χ1) is 6.18. The summed E-state index contributed by atoms with van der Waals surface area (Å²) < 4.78 is 0. The third-order valence-electron chi connectivity index (χ3n) is 2.88. The van der Waals surface area contributed by atoms with E-state index in [9.17, 15) is 0 Å². The SMILES string of the molecule is CC1CCCC(CCN=C(N)N)C1. The highest BCUT2D eigenvalue weighted by Gasteiger charge is 2.17. The standard InChI is InChI=1S/C10H21N3/c1-8-3-2-4-9(7-8)5-6-13-10(11)12/h8-9H,2-7H2,1H3,(H4,11,12,13). The molecule has 0 bridgehead atoms. The van der Waals surface area contributed by atoms with Crippen molar-refractivity contribution >= 4 is 5.96 Å². The molecule has 3 nitrogen and oxygen atoms in total. The molecule has 1 rings (SSSR count). The van der Waals surface area contributed by atoms with Gasteiger partial charge in [0.1, 0.15) is 0 Å². The van der Waals surface area contributed by atoms with Gasteiger partial charge >= 0.3 is 0 Å². The molecule has 2 unspecified atom stereocenters. The smallest absolute Gasteiger partial charge is 0.185 e. The van der Waals surface area contributed by atoms with Gasteiger partial charge in [0.25, 0.3) is 0 Å². The maximum Gasteiger partial charge on any atom is 0.185 e. The Labute approximate surface area is 80.6 Å². The molecule has 0 aliphatic heterocycles. The highest BCUT2D eigenvalue weighted by molar-refractivity contribution is 5.75. The Balaban J connectivity index is 2.17. The largest absolute Gasteiger partial charge is 0.370 e. The minimum Gasteiger partial charge on any atom is -0.370 e. The van der Waals surface area contributed by atoms with Crippen molar-refractivity contribution < 1.29 is 0 Å². The molecular formula is C10H21N3. The van der Waals surface area contributed by atoms with Gasteiger partial charge in [-0.15, -0.1) is 0 Å². The van der Waals surface area contributed by atoms with Gasteiger partial charge in [-0.05, 0) is 24.7 Å². The molecule has 0 heterocycles. The molecule has 1 saturated carbocycles. The molecule has 4 N–H and O–H groups in total. The molecule has 0 spiro atoms. The van der Waals surface area contributed by atoms with Gasteiger partial charge in [-0.1, -0.05) is 26.2 Å². The van der Waals surface area contributed by atoms with Crippen molar-refractivity contribution in [2.75, 3.05) is 6.54 Å². The van der Waals surface area contributed by atoms with Crippen molar-refractivity contribution in [1.82, 2.24) is 0 Å². The first kappa shape index (κ1) is 10.4. The van der Waals surface area contributed by atoms with Crippen LogP contribution < -0.4 is 11.5 Å². The van der Waals surface area contributed by atoms with E-state index < -0.39 is 0 Å².